The van der Waals surface area contributed by atoms with Gasteiger partial charge in [0.1, 0.15) is 41.7 Å². The Bertz CT molecular complexity index is 1210. The second kappa shape index (κ2) is 9.75. The summed E-state index contributed by atoms with van der Waals surface area (Å²) in [6.07, 6.45) is 1.01. The molecule has 2 aromatic rings. The smallest absolute Gasteiger partial charge is 0.410 e. The quantitative estimate of drug-likeness (QED) is 0.458. The number of carbonyl (C=O) groups excluding carboxylic acids is 2. The van der Waals surface area contributed by atoms with Crippen LogP contribution in [0, 0.1) is 18.7 Å². The molecule has 2 aliphatic heterocycles. The average molecular weight is 502 g/mol. The third-order valence-electron chi connectivity index (χ3n) is 5.94. The van der Waals surface area contributed by atoms with Crippen LogP contribution in [-0.4, -0.2) is 71.3 Å². The molecule has 0 radical (unpaired) electrons. The number of rotatable bonds is 4. The van der Waals surface area contributed by atoms with Crippen molar-refractivity contribution in [1.29, 1.82) is 0 Å². The van der Waals surface area contributed by atoms with Crippen molar-refractivity contribution in [1.82, 2.24) is 14.8 Å². The van der Waals surface area contributed by atoms with Crippen LogP contribution in [0.3, 0.4) is 0 Å². The fourth-order valence-corrected chi connectivity index (χ4v) is 4.32. The number of benzene rings is 1. The first kappa shape index (κ1) is 25.4. The number of fused-ring (bicyclic) bond motifs is 2. The van der Waals surface area contributed by atoms with Crippen LogP contribution in [0.1, 0.15) is 36.7 Å². The first-order valence-electron chi connectivity index (χ1n) is 11.7. The second-order valence-corrected chi connectivity index (χ2v) is 9.68. The summed E-state index contributed by atoms with van der Waals surface area (Å²) < 4.78 is 47.3. The largest absolute Gasteiger partial charge is 0.490 e. The van der Waals surface area contributed by atoms with Crippen molar-refractivity contribution < 1.29 is 32.6 Å². The van der Waals surface area contributed by atoms with Crippen LogP contribution in [0.25, 0.3) is 11.3 Å². The van der Waals surface area contributed by atoms with Gasteiger partial charge in [-0.3, -0.25) is 4.79 Å². The zero-order chi connectivity index (χ0) is 26.2. The van der Waals surface area contributed by atoms with Crippen molar-refractivity contribution in [2.45, 2.75) is 39.3 Å². The molecule has 10 heteroatoms. The molecule has 0 spiro atoms. The van der Waals surface area contributed by atoms with Gasteiger partial charge in [-0.05, 0) is 39.8 Å². The molecule has 1 aromatic carbocycles. The summed E-state index contributed by atoms with van der Waals surface area (Å²) in [6, 6.07) is 3.72. The van der Waals surface area contributed by atoms with Crippen molar-refractivity contribution in [3.63, 3.8) is 0 Å². The average Bonchev–Trinajstić information content (AvgIpc) is 2.96. The van der Waals surface area contributed by atoms with E-state index < -0.39 is 35.4 Å². The predicted octanol–water partition coefficient (Wildman–Crippen LogP) is 4.35. The van der Waals surface area contributed by atoms with Gasteiger partial charge in [0, 0.05) is 25.2 Å². The SMILES string of the molecule is C=CCOc1cccc(F)c1-c1nc(F)c2c(c1C)OC[C@H]1CN(C(=O)OC(C)(C)C)CCN1C2=O. The topological polar surface area (TPSA) is 81.2 Å². The molecule has 2 amide bonds. The standard InChI is InChI=1S/C26H29F2N3O5/c1-6-12-34-18-9-7-8-17(27)19(18)21-15(2)22-20(23(28)29-21)24(32)31-11-10-30(13-16(31)14-35-22)25(33)36-26(3,4)5/h6-9,16H,1,10-14H2,2-5H3/t16-/m1/s1. The Morgan fingerprint density at radius 2 is 2.03 bits per heavy atom. The van der Waals surface area contributed by atoms with E-state index in [9.17, 15) is 14.0 Å². The molecule has 0 saturated carbocycles. The van der Waals surface area contributed by atoms with Gasteiger partial charge in [0.15, 0.2) is 0 Å². The monoisotopic (exact) mass is 501 g/mol. The maximum atomic E-state index is 15.4. The third-order valence-corrected chi connectivity index (χ3v) is 5.94. The van der Waals surface area contributed by atoms with Crippen molar-refractivity contribution in [3.05, 3.63) is 53.7 Å². The number of hydrogen-bond acceptors (Lipinski definition) is 6. The zero-order valence-electron chi connectivity index (χ0n) is 20.8. The maximum Gasteiger partial charge on any atom is 0.410 e. The Morgan fingerprint density at radius 3 is 2.72 bits per heavy atom. The lowest BCUT2D eigenvalue weighted by Crippen LogP contribution is -2.58. The minimum absolute atomic E-state index is 0.00126. The number of aromatic nitrogens is 1. The fourth-order valence-electron chi connectivity index (χ4n) is 4.32. The van der Waals surface area contributed by atoms with Crippen molar-refractivity contribution >= 4 is 12.0 Å². The van der Waals surface area contributed by atoms with Gasteiger partial charge in [0.05, 0.1) is 17.3 Å². The van der Waals surface area contributed by atoms with Crippen molar-refractivity contribution in [2.24, 2.45) is 0 Å². The molecule has 1 fully saturated rings. The van der Waals surface area contributed by atoms with E-state index in [2.05, 4.69) is 11.6 Å². The maximum absolute atomic E-state index is 15.4. The summed E-state index contributed by atoms with van der Waals surface area (Å²) in [4.78, 5) is 32.9. The van der Waals surface area contributed by atoms with E-state index in [0.717, 1.165) is 0 Å². The first-order chi connectivity index (χ1) is 17.0. The van der Waals surface area contributed by atoms with E-state index in [4.69, 9.17) is 14.2 Å². The van der Waals surface area contributed by atoms with E-state index in [1.165, 1.54) is 28.0 Å². The molecule has 192 valence electrons. The Morgan fingerprint density at radius 1 is 1.28 bits per heavy atom. The summed E-state index contributed by atoms with van der Waals surface area (Å²) in [5.41, 5.74) is -0.727. The lowest BCUT2D eigenvalue weighted by molar-refractivity contribution is 0.000875. The van der Waals surface area contributed by atoms with Crippen LogP contribution in [0.4, 0.5) is 13.6 Å². The molecule has 2 aliphatic rings. The molecule has 1 aromatic heterocycles. The molecule has 1 atom stereocenters. The number of halogens is 2. The summed E-state index contributed by atoms with van der Waals surface area (Å²) in [5.74, 6) is -2.15. The predicted molar refractivity (Wildman–Crippen MR) is 128 cm³/mol. The molecule has 36 heavy (non-hydrogen) atoms. The van der Waals surface area contributed by atoms with Crippen LogP contribution in [0.2, 0.25) is 0 Å². The number of piperazine rings is 1. The summed E-state index contributed by atoms with van der Waals surface area (Å²) >= 11 is 0. The van der Waals surface area contributed by atoms with E-state index in [1.54, 1.807) is 33.8 Å². The molecule has 0 N–H and O–H groups in total. The molecular weight excluding hydrogens is 472 g/mol. The minimum Gasteiger partial charge on any atom is -0.490 e. The van der Waals surface area contributed by atoms with Crippen LogP contribution in [-0.2, 0) is 4.74 Å². The van der Waals surface area contributed by atoms with Gasteiger partial charge in [-0.1, -0.05) is 18.7 Å². The molecule has 1 saturated heterocycles. The van der Waals surface area contributed by atoms with Crippen LogP contribution in [0.5, 0.6) is 11.5 Å². The Hall–Kier alpha value is -3.69. The first-order valence-corrected chi connectivity index (χ1v) is 11.7. The lowest BCUT2D eigenvalue weighted by atomic mass is 10.0. The van der Waals surface area contributed by atoms with Crippen LogP contribution < -0.4 is 9.47 Å². The van der Waals surface area contributed by atoms with E-state index >= 15 is 4.39 Å². The Kier molecular flexibility index (Phi) is 6.88. The number of hydrogen-bond donors (Lipinski definition) is 0. The molecule has 4 rings (SSSR count). The molecule has 0 aliphatic carbocycles. The molecular formula is C26H29F2N3O5. The van der Waals surface area contributed by atoms with Crippen molar-refractivity contribution in [2.75, 3.05) is 32.8 Å². The van der Waals surface area contributed by atoms with Gasteiger partial charge in [-0.15, -0.1) is 0 Å². The highest BCUT2D eigenvalue weighted by molar-refractivity contribution is 5.99. The Labute approximate surface area is 208 Å². The van der Waals surface area contributed by atoms with Gasteiger partial charge >= 0.3 is 6.09 Å². The number of carbonyl (C=O) groups is 2. The van der Waals surface area contributed by atoms with E-state index in [-0.39, 0.29) is 61.2 Å². The Balaban J connectivity index is 1.69. The molecule has 0 bridgehead atoms. The summed E-state index contributed by atoms with van der Waals surface area (Å²) in [5, 5.41) is 0. The number of nitrogens with zero attached hydrogens (tertiary/aromatic N) is 3. The van der Waals surface area contributed by atoms with E-state index in [1.807, 2.05) is 0 Å². The van der Waals surface area contributed by atoms with Crippen LogP contribution in [0.15, 0.2) is 30.9 Å². The van der Waals surface area contributed by atoms with Gasteiger partial charge in [-0.2, -0.15) is 4.39 Å². The summed E-state index contributed by atoms with van der Waals surface area (Å²) in [7, 11) is 0. The van der Waals surface area contributed by atoms with Gasteiger partial charge in [0.2, 0.25) is 5.95 Å². The summed E-state index contributed by atoms with van der Waals surface area (Å²) in [6.45, 7) is 11.2. The fraction of sp³-hybridized carbons (Fsp3) is 0.423. The lowest BCUT2D eigenvalue weighted by Gasteiger charge is -2.40. The zero-order valence-corrected chi connectivity index (χ0v) is 20.8. The van der Waals surface area contributed by atoms with Crippen molar-refractivity contribution in [3.8, 4) is 22.8 Å². The van der Waals surface area contributed by atoms with Crippen LogP contribution >= 0.6 is 0 Å². The highest BCUT2D eigenvalue weighted by Crippen LogP contribution is 2.40. The molecule has 0 unspecified atom stereocenters. The molecule has 8 nitrogen and oxygen atoms in total. The van der Waals surface area contributed by atoms with E-state index in [0.29, 0.717) is 5.56 Å². The number of amides is 2. The number of ether oxygens (including phenoxy) is 3. The minimum atomic E-state index is -1.07. The van der Waals surface area contributed by atoms with Gasteiger partial charge in [0.25, 0.3) is 5.91 Å². The highest BCUT2D eigenvalue weighted by Gasteiger charge is 2.40. The molecule has 3 heterocycles. The van der Waals surface area contributed by atoms with Gasteiger partial charge in [-0.25, -0.2) is 14.2 Å². The highest BCUT2D eigenvalue weighted by atomic mass is 19.1. The normalized spacial score (nSPS) is 17.5. The number of pyridine rings is 1. The second-order valence-electron chi connectivity index (χ2n) is 9.68. The third kappa shape index (κ3) is 4.84. The van der Waals surface area contributed by atoms with Gasteiger partial charge < -0.3 is 24.0 Å².